The summed E-state index contributed by atoms with van der Waals surface area (Å²) in [5, 5.41) is 16.0. The first-order valence-electron chi connectivity index (χ1n) is 10.2. The summed E-state index contributed by atoms with van der Waals surface area (Å²) in [5.41, 5.74) is -0.822. The van der Waals surface area contributed by atoms with Gasteiger partial charge in [0.15, 0.2) is 0 Å². The lowest BCUT2D eigenvalue weighted by Gasteiger charge is -2.32. The van der Waals surface area contributed by atoms with Gasteiger partial charge in [0.25, 0.3) is 5.91 Å². The lowest BCUT2D eigenvalue weighted by Crippen LogP contribution is -2.43. The van der Waals surface area contributed by atoms with Crippen molar-refractivity contribution in [1.82, 2.24) is 5.32 Å². The zero-order chi connectivity index (χ0) is 21.5. The average Bonchev–Trinajstić information content (AvgIpc) is 3.14. The first-order chi connectivity index (χ1) is 14.3. The molecule has 3 aliphatic rings. The van der Waals surface area contributed by atoms with E-state index in [0.29, 0.717) is 31.7 Å². The standard InChI is InChI=1S/C21H25F3N4O2/c1-12-3-2-8-28(12)13-4-5-17(16(9-13)21(22,23)24)27-20(30)15-10-26-18-11-25-7-6-14(18)19(15)29/h4-5,9-10,12,14,18,25,29H,2-3,6-8,11H2,1H3,(H,27,30)/t12-,14?,18?/m0/s1. The Morgan fingerprint density at radius 2 is 2.13 bits per heavy atom. The summed E-state index contributed by atoms with van der Waals surface area (Å²) in [6.45, 7) is 3.97. The van der Waals surface area contributed by atoms with Gasteiger partial charge in [-0.05, 0) is 50.9 Å². The Kier molecular flexibility index (Phi) is 5.48. The zero-order valence-electron chi connectivity index (χ0n) is 16.7. The smallest absolute Gasteiger partial charge is 0.418 e. The second-order valence-electron chi connectivity index (χ2n) is 8.11. The van der Waals surface area contributed by atoms with E-state index in [2.05, 4.69) is 15.6 Å². The van der Waals surface area contributed by atoms with E-state index < -0.39 is 17.6 Å². The number of hydrogen-bond donors (Lipinski definition) is 3. The highest BCUT2D eigenvalue weighted by Gasteiger charge is 2.37. The molecule has 6 nitrogen and oxygen atoms in total. The molecule has 0 aromatic heterocycles. The SMILES string of the molecule is C[C@H]1CCCN1c1ccc(NC(=O)C2=C(O)C3CCNCC3N=C2)c(C(F)(F)F)c1. The number of aliphatic imine (C=N–C) groups is 1. The van der Waals surface area contributed by atoms with Crippen LogP contribution >= 0.6 is 0 Å². The van der Waals surface area contributed by atoms with E-state index in [1.165, 1.54) is 12.3 Å². The van der Waals surface area contributed by atoms with Crippen LogP contribution in [0, 0.1) is 5.92 Å². The van der Waals surface area contributed by atoms with Crippen molar-refractivity contribution in [1.29, 1.82) is 0 Å². The van der Waals surface area contributed by atoms with Crippen LogP contribution in [0.25, 0.3) is 0 Å². The lowest BCUT2D eigenvalue weighted by atomic mass is 9.87. The Hall–Kier alpha value is -2.55. The van der Waals surface area contributed by atoms with Crippen LogP contribution in [0.3, 0.4) is 0 Å². The van der Waals surface area contributed by atoms with Crippen LogP contribution in [0.15, 0.2) is 34.5 Å². The molecule has 30 heavy (non-hydrogen) atoms. The predicted octanol–water partition coefficient (Wildman–Crippen LogP) is 3.51. The fourth-order valence-electron chi connectivity index (χ4n) is 4.49. The van der Waals surface area contributed by atoms with Gasteiger partial charge < -0.3 is 20.6 Å². The number of rotatable bonds is 3. The van der Waals surface area contributed by atoms with E-state index in [0.717, 1.165) is 18.9 Å². The van der Waals surface area contributed by atoms with E-state index in [9.17, 15) is 23.1 Å². The summed E-state index contributed by atoms with van der Waals surface area (Å²) in [6.07, 6.45) is -0.887. The number of anilines is 2. The second kappa shape index (κ2) is 7.94. The van der Waals surface area contributed by atoms with Gasteiger partial charge in [-0.25, -0.2) is 0 Å². The zero-order valence-corrected chi connectivity index (χ0v) is 16.7. The maximum atomic E-state index is 13.7. The average molecular weight is 422 g/mol. The van der Waals surface area contributed by atoms with Gasteiger partial charge in [0.2, 0.25) is 0 Å². The molecule has 2 saturated heterocycles. The van der Waals surface area contributed by atoms with Crippen LogP contribution in [-0.2, 0) is 11.0 Å². The van der Waals surface area contributed by atoms with Gasteiger partial charge in [0.05, 0.1) is 22.9 Å². The third-order valence-corrected chi connectivity index (χ3v) is 6.16. The molecule has 0 spiro atoms. The number of halogens is 3. The Balaban J connectivity index is 1.61. The van der Waals surface area contributed by atoms with Crippen LogP contribution in [0.4, 0.5) is 24.5 Å². The second-order valence-corrected chi connectivity index (χ2v) is 8.11. The van der Waals surface area contributed by atoms with Gasteiger partial charge in [0, 0.05) is 37.0 Å². The molecular formula is C21H25F3N4O2. The van der Waals surface area contributed by atoms with Crippen molar-refractivity contribution in [3.05, 3.63) is 35.1 Å². The molecule has 0 aliphatic carbocycles. The number of carbonyl (C=O) groups is 1. The number of fused-ring (bicyclic) bond motifs is 1. The molecule has 2 fully saturated rings. The lowest BCUT2D eigenvalue weighted by molar-refractivity contribution is -0.136. The first-order valence-corrected chi connectivity index (χ1v) is 10.2. The molecule has 162 valence electrons. The fourth-order valence-corrected chi connectivity index (χ4v) is 4.49. The molecule has 1 amide bonds. The van der Waals surface area contributed by atoms with Gasteiger partial charge in [-0.2, -0.15) is 13.2 Å². The van der Waals surface area contributed by atoms with Gasteiger partial charge >= 0.3 is 6.18 Å². The van der Waals surface area contributed by atoms with Crippen molar-refractivity contribution in [3.8, 4) is 0 Å². The van der Waals surface area contributed by atoms with Crippen molar-refractivity contribution in [3.63, 3.8) is 0 Å². The molecule has 2 unspecified atom stereocenters. The maximum absolute atomic E-state index is 13.7. The topological polar surface area (TPSA) is 77.0 Å². The highest BCUT2D eigenvalue weighted by atomic mass is 19.4. The first kappa shape index (κ1) is 20.7. The third-order valence-electron chi connectivity index (χ3n) is 6.16. The van der Waals surface area contributed by atoms with E-state index in [1.54, 1.807) is 6.07 Å². The number of nitrogens with one attached hydrogen (secondary N) is 2. The van der Waals surface area contributed by atoms with E-state index >= 15 is 0 Å². The Morgan fingerprint density at radius 1 is 1.33 bits per heavy atom. The molecule has 3 atom stereocenters. The fraction of sp³-hybridized carbons (Fsp3) is 0.524. The van der Waals surface area contributed by atoms with Crippen LogP contribution < -0.4 is 15.5 Å². The summed E-state index contributed by atoms with van der Waals surface area (Å²) in [7, 11) is 0. The Labute approximate surface area is 172 Å². The summed E-state index contributed by atoms with van der Waals surface area (Å²) in [4.78, 5) is 19.0. The number of aliphatic hydroxyl groups excluding tert-OH is 1. The Bertz CT molecular complexity index is 897. The van der Waals surface area contributed by atoms with E-state index in [4.69, 9.17) is 0 Å². The normalized spacial score (nSPS) is 26.7. The van der Waals surface area contributed by atoms with Crippen molar-refractivity contribution in [2.24, 2.45) is 10.9 Å². The highest BCUT2D eigenvalue weighted by Crippen LogP contribution is 2.39. The number of alkyl halides is 3. The third kappa shape index (κ3) is 3.90. The number of nitrogens with zero attached hydrogens (tertiary/aromatic N) is 2. The van der Waals surface area contributed by atoms with Crippen molar-refractivity contribution in [2.45, 2.75) is 44.4 Å². The number of benzene rings is 1. The van der Waals surface area contributed by atoms with Crippen LogP contribution in [-0.4, -0.2) is 48.9 Å². The molecule has 0 radical (unpaired) electrons. The summed E-state index contributed by atoms with van der Waals surface area (Å²) >= 11 is 0. The molecule has 3 aliphatic heterocycles. The molecule has 9 heteroatoms. The molecular weight excluding hydrogens is 397 g/mol. The van der Waals surface area contributed by atoms with Crippen LogP contribution in [0.5, 0.6) is 0 Å². The van der Waals surface area contributed by atoms with Crippen LogP contribution in [0.2, 0.25) is 0 Å². The number of amides is 1. The molecule has 3 N–H and O–H groups in total. The summed E-state index contributed by atoms with van der Waals surface area (Å²) in [6, 6.07) is 3.97. The molecule has 1 aromatic carbocycles. The molecule has 0 saturated carbocycles. The molecule has 1 aromatic rings. The minimum atomic E-state index is -4.63. The van der Waals surface area contributed by atoms with Gasteiger partial charge in [-0.3, -0.25) is 9.79 Å². The number of hydrogen-bond acceptors (Lipinski definition) is 5. The molecule has 4 rings (SSSR count). The number of carbonyl (C=O) groups excluding carboxylic acids is 1. The minimum Gasteiger partial charge on any atom is -0.511 e. The van der Waals surface area contributed by atoms with Gasteiger partial charge in [-0.1, -0.05) is 0 Å². The van der Waals surface area contributed by atoms with Crippen molar-refractivity contribution in [2.75, 3.05) is 29.9 Å². The molecule has 3 heterocycles. The minimum absolute atomic E-state index is 0.0801. The van der Waals surface area contributed by atoms with E-state index in [1.807, 2.05) is 11.8 Å². The molecule has 0 bridgehead atoms. The number of aliphatic hydroxyl groups is 1. The number of piperidine rings is 1. The largest absolute Gasteiger partial charge is 0.511 e. The number of dihydropyridines is 1. The highest BCUT2D eigenvalue weighted by molar-refractivity contribution is 6.18. The maximum Gasteiger partial charge on any atom is 0.418 e. The van der Waals surface area contributed by atoms with Crippen molar-refractivity contribution < 1.29 is 23.1 Å². The van der Waals surface area contributed by atoms with Gasteiger partial charge in [-0.15, -0.1) is 0 Å². The predicted molar refractivity (Wildman–Crippen MR) is 109 cm³/mol. The quantitative estimate of drug-likeness (QED) is 0.697. The summed E-state index contributed by atoms with van der Waals surface area (Å²) in [5.74, 6) is -1.19. The van der Waals surface area contributed by atoms with Crippen LogP contribution in [0.1, 0.15) is 31.7 Å². The van der Waals surface area contributed by atoms with Gasteiger partial charge in [0.1, 0.15) is 5.76 Å². The summed E-state index contributed by atoms with van der Waals surface area (Å²) < 4.78 is 41.2. The van der Waals surface area contributed by atoms with Crippen molar-refractivity contribution >= 4 is 23.5 Å². The monoisotopic (exact) mass is 422 g/mol. The van der Waals surface area contributed by atoms with E-state index in [-0.39, 0.29) is 35.0 Å². The Morgan fingerprint density at radius 3 is 2.83 bits per heavy atom.